The summed E-state index contributed by atoms with van der Waals surface area (Å²) in [4.78, 5) is 8.55. The molecule has 90 valence electrons. The zero-order chi connectivity index (χ0) is 12.1. The second-order valence-electron chi connectivity index (χ2n) is 3.93. The number of rotatable bonds is 5. The van der Waals surface area contributed by atoms with Crippen LogP contribution in [0.2, 0.25) is 0 Å². The average Bonchev–Trinajstić information content (AvgIpc) is 2.71. The Morgan fingerprint density at radius 2 is 2.12 bits per heavy atom. The molecule has 0 fully saturated rings. The Labute approximate surface area is 100 Å². The molecule has 0 aliphatic heterocycles. The van der Waals surface area contributed by atoms with E-state index in [1.54, 1.807) is 6.92 Å². The number of aromatic nitrogens is 3. The second kappa shape index (κ2) is 5.54. The molecular weight excluding hydrogens is 216 g/mol. The molecular formula is C12H16N4O. The van der Waals surface area contributed by atoms with Crippen molar-refractivity contribution in [3.8, 4) is 0 Å². The standard InChI is InChI=1S/C12H16N4O/c1-9-4-3-5-11(14-9)8-13-7-6-12-15-10(2)17-16-12/h3-5,13H,6-8H2,1-2H3. The zero-order valence-electron chi connectivity index (χ0n) is 10.1. The van der Waals surface area contributed by atoms with Gasteiger partial charge in [-0.15, -0.1) is 0 Å². The zero-order valence-corrected chi connectivity index (χ0v) is 10.1. The van der Waals surface area contributed by atoms with Crippen LogP contribution in [0.1, 0.15) is 23.1 Å². The number of hydrogen-bond donors (Lipinski definition) is 1. The molecule has 2 aromatic heterocycles. The molecule has 2 rings (SSSR count). The van der Waals surface area contributed by atoms with Crippen molar-refractivity contribution in [2.75, 3.05) is 6.54 Å². The van der Waals surface area contributed by atoms with Crippen molar-refractivity contribution < 1.29 is 4.52 Å². The molecule has 0 aliphatic carbocycles. The van der Waals surface area contributed by atoms with Gasteiger partial charge >= 0.3 is 0 Å². The molecule has 0 saturated carbocycles. The molecule has 1 N–H and O–H groups in total. The Bertz CT molecular complexity index is 481. The Kier molecular flexibility index (Phi) is 3.82. The highest BCUT2D eigenvalue weighted by Gasteiger charge is 2.01. The van der Waals surface area contributed by atoms with Crippen LogP contribution >= 0.6 is 0 Å². The SMILES string of the molecule is Cc1cccc(CNCCc2noc(C)n2)n1. The second-order valence-corrected chi connectivity index (χ2v) is 3.93. The molecule has 0 bridgehead atoms. The summed E-state index contributed by atoms with van der Waals surface area (Å²) in [6.07, 6.45) is 0.767. The lowest BCUT2D eigenvalue weighted by Crippen LogP contribution is -2.18. The predicted molar refractivity (Wildman–Crippen MR) is 63.4 cm³/mol. The van der Waals surface area contributed by atoms with Crippen molar-refractivity contribution in [3.05, 3.63) is 41.3 Å². The van der Waals surface area contributed by atoms with Crippen molar-refractivity contribution in [2.45, 2.75) is 26.8 Å². The van der Waals surface area contributed by atoms with Crippen molar-refractivity contribution >= 4 is 0 Å². The van der Waals surface area contributed by atoms with Crippen LogP contribution in [0.3, 0.4) is 0 Å². The van der Waals surface area contributed by atoms with Gasteiger partial charge in [-0.1, -0.05) is 11.2 Å². The minimum atomic E-state index is 0.611. The van der Waals surface area contributed by atoms with Crippen LogP contribution in [0.25, 0.3) is 0 Å². The van der Waals surface area contributed by atoms with Crippen LogP contribution in [-0.2, 0) is 13.0 Å². The first-order chi connectivity index (χ1) is 8.24. The topological polar surface area (TPSA) is 63.8 Å². The molecule has 5 heteroatoms. The minimum Gasteiger partial charge on any atom is -0.340 e. The van der Waals surface area contributed by atoms with Gasteiger partial charge in [-0.2, -0.15) is 4.98 Å². The van der Waals surface area contributed by atoms with Gasteiger partial charge in [0, 0.05) is 32.1 Å². The molecule has 17 heavy (non-hydrogen) atoms. The first-order valence-corrected chi connectivity index (χ1v) is 5.66. The molecule has 0 radical (unpaired) electrons. The Hall–Kier alpha value is -1.75. The number of nitrogens with zero attached hydrogens (tertiary/aromatic N) is 3. The van der Waals surface area contributed by atoms with E-state index in [-0.39, 0.29) is 0 Å². The Morgan fingerprint density at radius 1 is 1.24 bits per heavy atom. The quantitative estimate of drug-likeness (QED) is 0.790. The Morgan fingerprint density at radius 3 is 2.82 bits per heavy atom. The van der Waals surface area contributed by atoms with Crippen molar-refractivity contribution in [1.29, 1.82) is 0 Å². The summed E-state index contributed by atoms with van der Waals surface area (Å²) in [5.74, 6) is 1.35. The fraction of sp³-hybridized carbons (Fsp3) is 0.417. The van der Waals surface area contributed by atoms with Gasteiger partial charge in [0.25, 0.3) is 0 Å². The van der Waals surface area contributed by atoms with E-state index in [9.17, 15) is 0 Å². The molecule has 2 heterocycles. The van der Waals surface area contributed by atoms with E-state index < -0.39 is 0 Å². The summed E-state index contributed by atoms with van der Waals surface area (Å²) in [5.41, 5.74) is 2.09. The molecule has 0 saturated heterocycles. The van der Waals surface area contributed by atoms with Crippen molar-refractivity contribution in [1.82, 2.24) is 20.4 Å². The van der Waals surface area contributed by atoms with Gasteiger partial charge in [-0.3, -0.25) is 4.98 Å². The maximum atomic E-state index is 4.89. The molecule has 2 aromatic rings. The smallest absolute Gasteiger partial charge is 0.223 e. The summed E-state index contributed by atoms with van der Waals surface area (Å²) in [5, 5.41) is 7.14. The summed E-state index contributed by atoms with van der Waals surface area (Å²) < 4.78 is 4.89. The maximum absolute atomic E-state index is 4.89. The van der Waals surface area contributed by atoms with E-state index in [2.05, 4.69) is 20.4 Å². The summed E-state index contributed by atoms with van der Waals surface area (Å²) in [7, 11) is 0. The van der Waals surface area contributed by atoms with Gasteiger partial charge in [0.05, 0.1) is 5.69 Å². The minimum absolute atomic E-state index is 0.611. The lowest BCUT2D eigenvalue weighted by atomic mass is 10.3. The van der Waals surface area contributed by atoms with Gasteiger partial charge in [-0.05, 0) is 19.1 Å². The summed E-state index contributed by atoms with van der Waals surface area (Å²) in [6, 6.07) is 6.02. The summed E-state index contributed by atoms with van der Waals surface area (Å²) in [6.45, 7) is 5.36. The van der Waals surface area contributed by atoms with Crippen LogP contribution in [-0.4, -0.2) is 21.7 Å². The highest BCUT2D eigenvalue weighted by Crippen LogP contribution is 1.98. The molecule has 0 atom stereocenters. The molecule has 0 aromatic carbocycles. The molecule has 0 amide bonds. The molecule has 0 spiro atoms. The average molecular weight is 232 g/mol. The van der Waals surface area contributed by atoms with E-state index in [0.717, 1.165) is 36.7 Å². The summed E-state index contributed by atoms with van der Waals surface area (Å²) >= 11 is 0. The third kappa shape index (κ3) is 3.64. The number of aryl methyl sites for hydroxylation is 2. The van der Waals surface area contributed by atoms with E-state index in [1.807, 2.05) is 25.1 Å². The van der Waals surface area contributed by atoms with Crippen LogP contribution in [0, 0.1) is 13.8 Å². The van der Waals surface area contributed by atoms with E-state index in [0.29, 0.717) is 5.89 Å². The van der Waals surface area contributed by atoms with Crippen LogP contribution < -0.4 is 5.32 Å². The number of hydrogen-bond acceptors (Lipinski definition) is 5. The first-order valence-electron chi connectivity index (χ1n) is 5.66. The van der Waals surface area contributed by atoms with E-state index >= 15 is 0 Å². The van der Waals surface area contributed by atoms with Crippen LogP contribution in [0.15, 0.2) is 22.7 Å². The number of pyridine rings is 1. The molecule has 0 aliphatic rings. The normalized spacial score (nSPS) is 10.7. The van der Waals surface area contributed by atoms with Gasteiger partial charge in [0.2, 0.25) is 5.89 Å². The third-order valence-electron chi connectivity index (χ3n) is 2.35. The predicted octanol–water partition coefficient (Wildman–Crippen LogP) is 1.41. The largest absolute Gasteiger partial charge is 0.340 e. The monoisotopic (exact) mass is 232 g/mol. The maximum Gasteiger partial charge on any atom is 0.223 e. The van der Waals surface area contributed by atoms with Crippen molar-refractivity contribution in [3.63, 3.8) is 0 Å². The lowest BCUT2D eigenvalue weighted by molar-refractivity contribution is 0.387. The highest BCUT2D eigenvalue weighted by atomic mass is 16.5. The number of nitrogens with one attached hydrogen (secondary N) is 1. The van der Waals surface area contributed by atoms with Crippen LogP contribution in [0.5, 0.6) is 0 Å². The Balaban J connectivity index is 1.73. The van der Waals surface area contributed by atoms with Gasteiger partial charge in [0.15, 0.2) is 5.82 Å². The molecule has 0 unspecified atom stereocenters. The van der Waals surface area contributed by atoms with Crippen LogP contribution in [0.4, 0.5) is 0 Å². The van der Waals surface area contributed by atoms with Gasteiger partial charge in [0.1, 0.15) is 0 Å². The van der Waals surface area contributed by atoms with Crippen molar-refractivity contribution in [2.24, 2.45) is 0 Å². The first kappa shape index (κ1) is 11.7. The lowest BCUT2D eigenvalue weighted by Gasteiger charge is -2.03. The van der Waals surface area contributed by atoms with E-state index in [1.165, 1.54) is 0 Å². The third-order valence-corrected chi connectivity index (χ3v) is 2.35. The van der Waals surface area contributed by atoms with E-state index in [4.69, 9.17) is 4.52 Å². The molecule has 5 nitrogen and oxygen atoms in total. The highest BCUT2D eigenvalue weighted by molar-refractivity contribution is 5.09. The van der Waals surface area contributed by atoms with Gasteiger partial charge < -0.3 is 9.84 Å². The fourth-order valence-electron chi connectivity index (χ4n) is 1.56. The fourth-order valence-corrected chi connectivity index (χ4v) is 1.56. The van der Waals surface area contributed by atoms with Gasteiger partial charge in [-0.25, -0.2) is 0 Å².